The van der Waals surface area contributed by atoms with Crippen molar-refractivity contribution in [2.45, 2.75) is 6.54 Å². The second kappa shape index (κ2) is 10.0. The number of thiophene rings is 1. The van der Waals surface area contributed by atoms with Gasteiger partial charge in [0.05, 0.1) is 17.7 Å². The number of nitrogens with one attached hydrogen (secondary N) is 1. The van der Waals surface area contributed by atoms with Crippen LogP contribution >= 0.6 is 22.9 Å². The van der Waals surface area contributed by atoms with Gasteiger partial charge in [-0.15, -0.1) is 11.3 Å². The minimum Gasteiger partial charge on any atom is -0.497 e. The molecule has 3 heterocycles. The number of rotatable bonds is 6. The number of carbonyl (C=O) groups excluding carboxylic acids is 2. The zero-order chi connectivity index (χ0) is 22.5. The third-order valence-corrected chi connectivity index (χ3v) is 6.65. The predicted octanol–water partition coefficient (Wildman–Crippen LogP) is 3.70. The van der Waals surface area contributed by atoms with Crippen LogP contribution in [0, 0.1) is 0 Å². The highest BCUT2D eigenvalue weighted by molar-refractivity contribution is 7.12. The molecule has 1 saturated heterocycles. The van der Waals surface area contributed by atoms with Crippen molar-refractivity contribution in [3.05, 3.63) is 75.1 Å². The van der Waals surface area contributed by atoms with Gasteiger partial charge >= 0.3 is 0 Å². The number of halogens is 1. The molecule has 1 N–H and O–H groups in total. The van der Waals surface area contributed by atoms with Crippen molar-refractivity contribution in [1.29, 1.82) is 0 Å². The third-order valence-electron chi connectivity index (χ3n) is 5.32. The van der Waals surface area contributed by atoms with Gasteiger partial charge in [0.2, 0.25) is 0 Å². The largest absolute Gasteiger partial charge is 0.497 e. The van der Waals surface area contributed by atoms with Crippen molar-refractivity contribution in [3.63, 3.8) is 0 Å². The summed E-state index contributed by atoms with van der Waals surface area (Å²) in [6.45, 7) is 2.66. The average molecular weight is 471 g/mol. The van der Waals surface area contributed by atoms with Crippen LogP contribution in [0.4, 0.5) is 5.82 Å². The Morgan fingerprint density at radius 1 is 1.12 bits per heavy atom. The van der Waals surface area contributed by atoms with Gasteiger partial charge in [-0.3, -0.25) is 9.59 Å². The minimum absolute atomic E-state index is 0.0527. The van der Waals surface area contributed by atoms with E-state index in [-0.39, 0.29) is 11.8 Å². The Morgan fingerprint density at radius 3 is 2.53 bits per heavy atom. The molecule has 2 amide bonds. The van der Waals surface area contributed by atoms with Crippen molar-refractivity contribution < 1.29 is 14.3 Å². The van der Waals surface area contributed by atoms with Gasteiger partial charge in [0.15, 0.2) is 0 Å². The number of benzene rings is 1. The van der Waals surface area contributed by atoms with E-state index in [1.54, 1.807) is 36.4 Å². The number of hydrogen-bond donors (Lipinski definition) is 1. The molecular formula is C23H23ClN4O3S. The smallest absolute Gasteiger partial charge is 0.265 e. The van der Waals surface area contributed by atoms with Crippen molar-refractivity contribution in [1.82, 2.24) is 15.2 Å². The molecule has 166 valence electrons. The first-order valence-corrected chi connectivity index (χ1v) is 11.5. The number of nitrogens with zero attached hydrogens (tertiary/aromatic N) is 3. The number of hydrogen-bond acceptors (Lipinski definition) is 6. The van der Waals surface area contributed by atoms with Gasteiger partial charge in [-0.25, -0.2) is 4.98 Å². The van der Waals surface area contributed by atoms with E-state index in [1.807, 2.05) is 34.5 Å². The van der Waals surface area contributed by atoms with Crippen LogP contribution in [0.15, 0.2) is 54.0 Å². The number of ether oxygens (including phenoxy) is 1. The summed E-state index contributed by atoms with van der Waals surface area (Å²) in [5.74, 6) is 1.16. The van der Waals surface area contributed by atoms with Gasteiger partial charge in [0.25, 0.3) is 11.8 Å². The molecule has 0 radical (unpaired) electrons. The van der Waals surface area contributed by atoms with Crippen LogP contribution in [-0.2, 0) is 6.54 Å². The fraction of sp³-hybridized carbons (Fsp3) is 0.261. The zero-order valence-corrected chi connectivity index (χ0v) is 19.2. The maximum Gasteiger partial charge on any atom is 0.265 e. The lowest BCUT2D eigenvalue weighted by molar-refractivity contribution is 0.0750. The van der Waals surface area contributed by atoms with Gasteiger partial charge in [0.1, 0.15) is 16.4 Å². The number of methoxy groups -OCH3 is 1. The molecule has 9 heteroatoms. The summed E-state index contributed by atoms with van der Waals surface area (Å²) < 4.78 is 5.16. The van der Waals surface area contributed by atoms with E-state index >= 15 is 0 Å². The first kappa shape index (κ1) is 22.1. The average Bonchev–Trinajstić information content (AvgIpc) is 3.28. The number of anilines is 1. The van der Waals surface area contributed by atoms with E-state index < -0.39 is 0 Å². The zero-order valence-electron chi connectivity index (χ0n) is 17.6. The molecule has 1 aromatic carbocycles. The lowest BCUT2D eigenvalue weighted by Crippen LogP contribution is -2.49. The maximum atomic E-state index is 12.9. The van der Waals surface area contributed by atoms with E-state index in [4.69, 9.17) is 16.3 Å². The van der Waals surface area contributed by atoms with Crippen LogP contribution in [0.25, 0.3) is 0 Å². The second-order valence-corrected chi connectivity index (χ2v) is 8.61. The molecule has 0 unspecified atom stereocenters. The molecule has 3 aromatic rings. The molecule has 0 bridgehead atoms. The van der Waals surface area contributed by atoms with E-state index in [0.29, 0.717) is 54.0 Å². The second-order valence-electron chi connectivity index (χ2n) is 7.28. The molecule has 0 atom stereocenters. The van der Waals surface area contributed by atoms with Crippen molar-refractivity contribution in [2.24, 2.45) is 0 Å². The van der Waals surface area contributed by atoms with Crippen molar-refractivity contribution in [2.75, 3.05) is 38.2 Å². The molecule has 1 aliphatic rings. The highest BCUT2D eigenvalue weighted by Crippen LogP contribution is 2.25. The number of aromatic nitrogens is 1. The Hall–Kier alpha value is -3.10. The predicted molar refractivity (Wildman–Crippen MR) is 126 cm³/mol. The summed E-state index contributed by atoms with van der Waals surface area (Å²) in [6, 6.07) is 12.8. The van der Waals surface area contributed by atoms with Gasteiger partial charge < -0.3 is 19.9 Å². The molecule has 0 spiro atoms. The number of carbonyl (C=O) groups is 2. The van der Waals surface area contributed by atoms with Crippen LogP contribution in [0.5, 0.6) is 5.75 Å². The molecular weight excluding hydrogens is 448 g/mol. The quantitative estimate of drug-likeness (QED) is 0.594. The fourth-order valence-corrected chi connectivity index (χ4v) is 4.66. The summed E-state index contributed by atoms with van der Waals surface area (Å²) in [6.07, 6.45) is 1.68. The third kappa shape index (κ3) is 4.87. The van der Waals surface area contributed by atoms with E-state index in [9.17, 15) is 9.59 Å². The summed E-state index contributed by atoms with van der Waals surface area (Å²) in [7, 11) is 1.62. The van der Waals surface area contributed by atoms with Crippen LogP contribution in [0.3, 0.4) is 0 Å². The number of amides is 2. The Bertz CT molecular complexity index is 1090. The Balaban J connectivity index is 1.39. The first-order valence-electron chi connectivity index (χ1n) is 10.2. The molecule has 1 fully saturated rings. The molecule has 7 nitrogen and oxygen atoms in total. The van der Waals surface area contributed by atoms with Gasteiger partial charge in [0, 0.05) is 38.9 Å². The minimum atomic E-state index is -0.187. The van der Waals surface area contributed by atoms with Crippen LogP contribution < -0.4 is 15.0 Å². The molecule has 0 saturated carbocycles. The van der Waals surface area contributed by atoms with E-state index in [0.717, 1.165) is 11.3 Å². The van der Waals surface area contributed by atoms with Crippen LogP contribution in [0.1, 0.15) is 25.6 Å². The summed E-state index contributed by atoms with van der Waals surface area (Å²) in [5.41, 5.74) is 1.49. The van der Waals surface area contributed by atoms with Crippen LogP contribution in [0.2, 0.25) is 5.02 Å². The van der Waals surface area contributed by atoms with Crippen molar-refractivity contribution >= 4 is 40.6 Å². The van der Waals surface area contributed by atoms with E-state index in [2.05, 4.69) is 10.3 Å². The lowest BCUT2D eigenvalue weighted by atomic mass is 10.1. The Morgan fingerprint density at radius 2 is 1.88 bits per heavy atom. The number of piperazine rings is 1. The Labute approximate surface area is 195 Å². The molecule has 32 heavy (non-hydrogen) atoms. The molecule has 1 aliphatic heterocycles. The van der Waals surface area contributed by atoms with Gasteiger partial charge in [-0.05, 0) is 41.3 Å². The van der Waals surface area contributed by atoms with E-state index in [1.165, 1.54) is 11.3 Å². The molecule has 4 rings (SSSR count). The topological polar surface area (TPSA) is 74.8 Å². The fourth-order valence-electron chi connectivity index (χ4n) is 3.56. The lowest BCUT2D eigenvalue weighted by Gasteiger charge is -2.36. The SMILES string of the molecule is COc1ccc(CNC(=O)c2cccnc2N2CCN(C(=O)c3sccc3Cl)CC2)cc1. The maximum absolute atomic E-state index is 12.9. The standard InChI is InChI=1S/C23H23ClN4O3S/c1-31-17-6-4-16(5-7-17)15-26-22(29)18-3-2-9-25-21(18)27-10-12-28(13-11-27)23(30)20-19(24)8-14-32-20/h2-9,14H,10-13,15H2,1H3,(H,26,29). The van der Waals surface area contributed by atoms with Gasteiger partial charge in [-0.2, -0.15) is 0 Å². The normalized spacial score (nSPS) is 13.7. The van der Waals surface area contributed by atoms with Gasteiger partial charge in [-0.1, -0.05) is 23.7 Å². The monoisotopic (exact) mass is 470 g/mol. The summed E-state index contributed by atoms with van der Waals surface area (Å²) in [4.78, 5) is 34.5. The highest BCUT2D eigenvalue weighted by atomic mass is 35.5. The summed E-state index contributed by atoms with van der Waals surface area (Å²) >= 11 is 7.47. The highest BCUT2D eigenvalue weighted by Gasteiger charge is 2.27. The number of pyridine rings is 1. The first-order chi connectivity index (χ1) is 15.6. The molecule has 2 aromatic heterocycles. The van der Waals surface area contributed by atoms with Crippen LogP contribution in [-0.4, -0.2) is 55.0 Å². The Kier molecular flexibility index (Phi) is 6.92. The molecule has 0 aliphatic carbocycles. The summed E-state index contributed by atoms with van der Waals surface area (Å²) in [5, 5.41) is 5.26. The van der Waals surface area contributed by atoms with Crippen molar-refractivity contribution in [3.8, 4) is 5.75 Å².